The molecule has 0 bridgehead atoms. The van der Waals surface area contributed by atoms with Gasteiger partial charge in [0.15, 0.2) is 0 Å². The summed E-state index contributed by atoms with van der Waals surface area (Å²) in [6.07, 6.45) is 3.67. The number of benzene rings is 1. The van der Waals surface area contributed by atoms with Gasteiger partial charge < -0.3 is 15.4 Å². The Kier molecular flexibility index (Phi) is 6.35. The van der Waals surface area contributed by atoms with Gasteiger partial charge in [0.1, 0.15) is 5.75 Å². The number of amides is 1. The van der Waals surface area contributed by atoms with Gasteiger partial charge >= 0.3 is 0 Å². The summed E-state index contributed by atoms with van der Waals surface area (Å²) in [5.74, 6) is 1.31. The highest BCUT2D eigenvalue weighted by Crippen LogP contribution is 2.19. The quantitative estimate of drug-likeness (QED) is 0.783. The fourth-order valence-corrected chi connectivity index (χ4v) is 2.12. The third-order valence-electron chi connectivity index (χ3n) is 3.25. The van der Waals surface area contributed by atoms with Crippen LogP contribution < -0.4 is 15.4 Å². The molecule has 23 heavy (non-hydrogen) atoms. The van der Waals surface area contributed by atoms with E-state index in [9.17, 15) is 4.79 Å². The maximum absolute atomic E-state index is 12.0. The average Bonchev–Trinajstić information content (AvgIpc) is 2.56. The van der Waals surface area contributed by atoms with Gasteiger partial charge in [-0.25, -0.2) is 9.97 Å². The SMILES string of the molecule is CCOc1cccc([C@H](C)NC(=O)CCNc2ncccn2)c1. The van der Waals surface area contributed by atoms with Gasteiger partial charge in [0, 0.05) is 25.4 Å². The predicted octanol–water partition coefficient (Wildman–Crippen LogP) is 2.55. The van der Waals surface area contributed by atoms with Crippen molar-refractivity contribution < 1.29 is 9.53 Å². The van der Waals surface area contributed by atoms with Crippen molar-refractivity contribution in [3.05, 3.63) is 48.3 Å². The van der Waals surface area contributed by atoms with E-state index in [-0.39, 0.29) is 11.9 Å². The van der Waals surface area contributed by atoms with E-state index in [0.29, 0.717) is 25.5 Å². The molecule has 0 aliphatic rings. The largest absolute Gasteiger partial charge is 0.494 e. The highest BCUT2D eigenvalue weighted by molar-refractivity contribution is 5.76. The summed E-state index contributed by atoms with van der Waals surface area (Å²) in [4.78, 5) is 20.1. The van der Waals surface area contributed by atoms with E-state index in [1.54, 1.807) is 18.5 Å². The maximum atomic E-state index is 12.0. The van der Waals surface area contributed by atoms with Crippen molar-refractivity contribution in [3.8, 4) is 5.75 Å². The number of hydrogen-bond donors (Lipinski definition) is 2. The molecule has 0 saturated carbocycles. The molecular weight excluding hydrogens is 292 g/mol. The number of carbonyl (C=O) groups is 1. The summed E-state index contributed by atoms with van der Waals surface area (Å²) < 4.78 is 5.48. The molecule has 2 aromatic rings. The van der Waals surface area contributed by atoms with Crippen molar-refractivity contribution in [1.29, 1.82) is 0 Å². The van der Waals surface area contributed by atoms with E-state index in [0.717, 1.165) is 11.3 Å². The van der Waals surface area contributed by atoms with Gasteiger partial charge in [0.05, 0.1) is 12.6 Å². The Bertz CT molecular complexity index is 619. The van der Waals surface area contributed by atoms with Crippen molar-refractivity contribution >= 4 is 11.9 Å². The van der Waals surface area contributed by atoms with E-state index in [2.05, 4.69) is 20.6 Å². The third-order valence-corrected chi connectivity index (χ3v) is 3.25. The molecule has 2 N–H and O–H groups in total. The second kappa shape index (κ2) is 8.73. The molecular formula is C17H22N4O2. The minimum Gasteiger partial charge on any atom is -0.494 e. The fraction of sp³-hybridized carbons (Fsp3) is 0.353. The van der Waals surface area contributed by atoms with E-state index in [4.69, 9.17) is 4.74 Å². The molecule has 1 heterocycles. The van der Waals surface area contributed by atoms with Crippen LogP contribution in [0.3, 0.4) is 0 Å². The zero-order valence-electron chi connectivity index (χ0n) is 13.5. The lowest BCUT2D eigenvalue weighted by Crippen LogP contribution is -2.28. The van der Waals surface area contributed by atoms with Crippen molar-refractivity contribution in [2.45, 2.75) is 26.3 Å². The minimum absolute atomic E-state index is 0.0252. The molecule has 2 rings (SSSR count). The van der Waals surface area contributed by atoms with Gasteiger partial charge in [-0.15, -0.1) is 0 Å². The zero-order valence-corrected chi connectivity index (χ0v) is 13.5. The summed E-state index contributed by atoms with van der Waals surface area (Å²) >= 11 is 0. The molecule has 0 saturated heterocycles. The number of ether oxygens (including phenoxy) is 1. The molecule has 0 unspecified atom stereocenters. The van der Waals surface area contributed by atoms with Crippen LogP contribution in [0.2, 0.25) is 0 Å². The normalized spacial score (nSPS) is 11.6. The summed E-state index contributed by atoms with van der Waals surface area (Å²) in [5.41, 5.74) is 1.02. The monoisotopic (exact) mass is 314 g/mol. The summed E-state index contributed by atoms with van der Waals surface area (Å²) in [5, 5.41) is 5.99. The molecule has 0 radical (unpaired) electrons. The van der Waals surface area contributed by atoms with Crippen LogP contribution in [0.4, 0.5) is 5.95 Å². The Labute approximate surface area is 136 Å². The van der Waals surface area contributed by atoms with Gasteiger partial charge in [-0.1, -0.05) is 12.1 Å². The van der Waals surface area contributed by atoms with Gasteiger partial charge in [-0.05, 0) is 37.6 Å². The van der Waals surface area contributed by atoms with Crippen LogP contribution >= 0.6 is 0 Å². The molecule has 1 amide bonds. The van der Waals surface area contributed by atoms with Crippen molar-refractivity contribution in [2.24, 2.45) is 0 Å². The molecule has 0 fully saturated rings. The van der Waals surface area contributed by atoms with Crippen molar-refractivity contribution in [1.82, 2.24) is 15.3 Å². The van der Waals surface area contributed by atoms with Crippen molar-refractivity contribution in [3.63, 3.8) is 0 Å². The second-order valence-electron chi connectivity index (χ2n) is 5.04. The van der Waals surface area contributed by atoms with Gasteiger partial charge in [0.25, 0.3) is 0 Å². The summed E-state index contributed by atoms with van der Waals surface area (Å²) in [7, 11) is 0. The zero-order chi connectivity index (χ0) is 16.5. The van der Waals surface area contributed by atoms with E-state index < -0.39 is 0 Å². The molecule has 6 heteroatoms. The highest BCUT2D eigenvalue weighted by Gasteiger charge is 2.10. The van der Waals surface area contributed by atoms with Crippen LogP contribution in [-0.4, -0.2) is 29.0 Å². The lowest BCUT2D eigenvalue weighted by atomic mass is 10.1. The first kappa shape index (κ1) is 16.7. The predicted molar refractivity (Wildman–Crippen MR) is 89.3 cm³/mol. The van der Waals surface area contributed by atoms with Crippen LogP contribution in [-0.2, 0) is 4.79 Å². The highest BCUT2D eigenvalue weighted by atomic mass is 16.5. The number of rotatable bonds is 8. The Morgan fingerprint density at radius 2 is 2.04 bits per heavy atom. The topological polar surface area (TPSA) is 76.1 Å². The van der Waals surface area contributed by atoms with Gasteiger partial charge in [-0.2, -0.15) is 0 Å². The van der Waals surface area contributed by atoms with Crippen LogP contribution in [0.15, 0.2) is 42.7 Å². The number of anilines is 1. The molecule has 0 aliphatic carbocycles. The van der Waals surface area contributed by atoms with Crippen molar-refractivity contribution in [2.75, 3.05) is 18.5 Å². The molecule has 0 aliphatic heterocycles. The van der Waals surface area contributed by atoms with E-state index in [1.807, 2.05) is 38.1 Å². The summed E-state index contributed by atoms with van der Waals surface area (Å²) in [6.45, 7) is 5.01. The third kappa shape index (κ3) is 5.58. The van der Waals surface area contributed by atoms with Crippen LogP contribution in [0, 0.1) is 0 Å². The Morgan fingerprint density at radius 3 is 2.78 bits per heavy atom. The minimum atomic E-state index is -0.0733. The Hall–Kier alpha value is -2.63. The Morgan fingerprint density at radius 1 is 1.26 bits per heavy atom. The standard InChI is InChI=1S/C17H22N4O2/c1-3-23-15-7-4-6-14(12-15)13(2)21-16(22)8-11-20-17-18-9-5-10-19-17/h4-7,9-10,12-13H,3,8,11H2,1-2H3,(H,21,22)(H,18,19,20)/t13-/m0/s1. The van der Waals surface area contributed by atoms with E-state index >= 15 is 0 Å². The molecule has 1 aromatic heterocycles. The molecule has 1 aromatic carbocycles. The Balaban J connectivity index is 1.79. The molecule has 6 nitrogen and oxygen atoms in total. The van der Waals surface area contributed by atoms with Crippen LogP contribution in [0.25, 0.3) is 0 Å². The average molecular weight is 314 g/mol. The first-order chi connectivity index (χ1) is 11.2. The second-order valence-corrected chi connectivity index (χ2v) is 5.04. The van der Waals surface area contributed by atoms with Crippen LogP contribution in [0.5, 0.6) is 5.75 Å². The first-order valence-electron chi connectivity index (χ1n) is 7.72. The maximum Gasteiger partial charge on any atom is 0.222 e. The number of hydrogen-bond acceptors (Lipinski definition) is 5. The number of carbonyl (C=O) groups excluding carboxylic acids is 1. The molecule has 122 valence electrons. The van der Waals surface area contributed by atoms with Gasteiger partial charge in [-0.3, -0.25) is 4.79 Å². The lowest BCUT2D eigenvalue weighted by molar-refractivity contribution is -0.121. The molecule has 1 atom stereocenters. The summed E-state index contributed by atoms with van der Waals surface area (Å²) in [6, 6.07) is 9.43. The smallest absolute Gasteiger partial charge is 0.222 e. The first-order valence-corrected chi connectivity index (χ1v) is 7.72. The number of nitrogens with one attached hydrogen (secondary N) is 2. The van der Waals surface area contributed by atoms with Crippen LogP contribution in [0.1, 0.15) is 31.9 Å². The lowest BCUT2D eigenvalue weighted by Gasteiger charge is -2.15. The van der Waals surface area contributed by atoms with Gasteiger partial charge in [0.2, 0.25) is 11.9 Å². The number of nitrogens with zero attached hydrogens (tertiary/aromatic N) is 2. The number of aromatic nitrogens is 2. The molecule has 0 spiro atoms. The van der Waals surface area contributed by atoms with E-state index in [1.165, 1.54) is 0 Å². The fourth-order valence-electron chi connectivity index (χ4n) is 2.12.